The topological polar surface area (TPSA) is 119 Å². The second kappa shape index (κ2) is 11.6. The van der Waals surface area contributed by atoms with Gasteiger partial charge in [0.05, 0.1) is 18.3 Å². The van der Waals surface area contributed by atoms with E-state index in [0.717, 1.165) is 5.69 Å². The third-order valence-electron chi connectivity index (χ3n) is 7.09. The van der Waals surface area contributed by atoms with Crippen LogP contribution in [0.3, 0.4) is 0 Å². The Morgan fingerprint density at radius 3 is 2.38 bits per heavy atom. The standard InChI is InChI=1S/C28H35N5O5S/c1-16(2)14-21(30-26(36)18-6-8-19(9-7-18)31(4)5)27(37)32-12-10-22-24(32)23(35)15-33(22)28(38)25-20(11-13-39-25)29-17(3)34/h6-9,11,13,16,21-22,24H,10,12,14-15H2,1-5H3,(H,29,34)(H,30,36)/t21-,22+,24-/m0/s1. The maximum absolute atomic E-state index is 13.8. The Kier molecular flexibility index (Phi) is 8.39. The zero-order chi connectivity index (χ0) is 28.4. The Balaban J connectivity index is 1.50. The summed E-state index contributed by atoms with van der Waals surface area (Å²) in [5, 5.41) is 7.27. The normalized spacial score (nSPS) is 19.2. The minimum absolute atomic E-state index is 0.102. The van der Waals surface area contributed by atoms with E-state index < -0.39 is 18.1 Å². The van der Waals surface area contributed by atoms with Gasteiger partial charge in [-0.1, -0.05) is 13.8 Å². The fourth-order valence-electron chi connectivity index (χ4n) is 5.28. The van der Waals surface area contributed by atoms with Gasteiger partial charge in [-0.15, -0.1) is 11.3 Å². The van der Waals surface area contributed by atoms with Crippen LogP contribution in [0.2, 0.25) is 0 Å². The number of likely N-dealkylation sites (tertiary alicyclic amines) is 2. The third-order valence-corrected chi connectivity index (χ3v) is 8.00. The van der Waals surface area contributed by atoms with Crippen molar-refractivity contribution in [2.75, 3.05) is 37.4 Å². The fourth-order valence-corrected chi connectivity index (χ4v) is 6.08. The Hall–Kier alpha value is -3.73. The van der Waals surface area contributed by atoms with Crippen molar-refractivity contribution in [2.45, 2.75) is 51.7 Å². The van der Waals surface area contributed by atoms with Gasteiger partial charge in [0.15, 0.2) is 5.78 Å². The lowest BCUT2D eigenvalue weighted by Crippen LogP contribution is -2.53. The van der Waals surface area contributed by atoms with Crippen LogP contribution < -0.4 is 15.5 Å². The van der Waals surface area contributed by atoms with Gasteiger partial charge in [-0.05, 0) is 54.5 Å². The van der Waals surface area contributed by atoms with Crippen molar-refractivity contribution < 1.29 is 24.0 Å². The average Bonchev–Trinajstić information content (AvgIpc) is 3.59. The third kappa shape index (κ3) is 5.98. The maximum Gasteiger partial charge on any atom is 0.266 e. The highest BCUT2D eigenvalue weighted by atomic mass is 32.1. The van der Waals surface area contributed by atoms with Gasteiger partial charge >= 0.3 is 0 Å². The molecule has 1 aromatic carbocycles. The number of nitrogens with one attached hydrogen (secondary N) is 2. The summed E-state index contributed by atoms with van der Waals surface area (Å²) >= 11 is 1.20. The second-order valence-electron chi connectivity index (χ2n) is 10.7. The molecule has 2 saturated heterocycles. The van der Waals surface area contributed by atoms with Crippen molar-refractivity contribution in [3.05, 3.63) is 46.2 Å². The summed E-state index contributed by atoms with van der Waals surface area (Å²) in [6.07, 6.45) is 0.878. The number of anilines is 2. The van der Waals surface area contributed by atoms with E-state index in [9.17, 15) is 24.0 Å². The quantitative estimate of drug-likeness (QED) is 0.519. The Morgan fingerprint density at radius 1 is 1.08 bits per heavy atom. The van der Waals surface area contributed by atoms with Crippen LogP contribution in [0, 0.1) is 5.92 Å². The Bertz CT molecular complexity index is 1270. The van der Waals surface area contributed by atoms with Crippen LogP contribution in [0.15, 0.2) is 35.7 Å². The number of thiophene rings is 1. The molecule has 2 fully saturated rings. The molecule has 1 aromatic heterocycles. The number of nitrogens with zero attached hydrogens (tertiary/aromatic N) is 3. The summed E-state index contributed by atoms with van der Waals surface area (Å²) in [4.78, 5) is 70.3. The molecule has 3 atom stereocenters. The number of ketones is 1. The molecule has 0 spiro atoms. The van der Waals surface area contributed by atoms with Crippen LogP contribution in [0.4, 0.5) is 11.4 Å². The first-order chi connectivity index (χ1) is 18.5. The van der Waals surface area contributed by atoms with E-state index in [4.69, 9.17) is 0 Å². The van der Waals surface area contributed by atoms with Gasteiger partial charge in [-0.3, -0.25) is 24.0 Å². The Labute approximate surface area is 232 Å². The first kappa shape index (κ1) is 28.3. The summed E-state index contributed by atoms with van der Waals surface area (Å²) in [7, 11) is 3.83. The highest BCUT2D eigenvalue weighted by Crippen LogP contribution is 2.34. The number of rotatable bonds is 8. The fraction of sp³-hybridized carbons (Fsp3) is 0.464. The highest BCUT2D eigenvalue weighted by molar-refractivity contribution is 7.12. The summed E-state index contributed by atoms with van der Waals surface area (Å²) in [5.74, 6) is -1.37. The van der Waals surface area contributed by atoms with Crippen molar-refractivity contribution >= 4 is 52.1 Å². The molecule has 0 aliphatic carbocycles. The van der Waals surface area contributed by atoms with Gasteiger partial charge in [0.1, 0.15) is 17.0 Å². The van der Waals surface area contributed by atoms with Crippen LogP contribution in [-0.2, 0) is 14.4 Å². The van der Waals surface area contributed by atoms with Crippen molar-refractivity contribution in [3.63, 3.8) is 0 Å². The summed E-state index contributed by atoms with van der Waals surface area (Å²) < 4.78 is 0. The van der Waals surface area contributed by atoms with Crippen LogP contribution in [0.5, 0.6) is 0 Å². The van der Waals surface area contributed by atoms with Gasteiger partial charge in [0.25, 0.3) is 11.8 Å². The number of amides is 4. The van der Waals surface area contributed by atoms with Crippen molar-refractivity contribution in [3.8, 4) is 0 Å². The lowest BCUT2D eigenvalue weighted by atomic mass is 10.0. The van der Waals surface area contributed by atoms with Crippen LogP contribution in [0.1, 0.15) is 53.6 Å². The van der Waals surface area contributed by atoms with E-state index in [0.29, 0.717) is 35.5 Å². The summed E-state index contributed by atoms with van der Waals surface area (Å²) in [6.45, 7) is 5.52. The largest absolute Gasteiger partial charge is 0.378 e. The second-order valence-corrected chi connectivity index (χ2v) is 11.6. The number of Topliss-reactive ketones (excluding diaryl/α,β-unsaturated/α-hetero) is 1. The van der Waals surface area contributed by atoms with E-state index in [-0.39, 0.29) is 41.9 Å². The SMILES string of the molecule is CC(=O)Nc1ccsc1C(=O)N1CC(=O)[C@@H]2[C@H]1CCN2C(=O)[C@H](CC(C)C)NC(=O)c1ccc(N(C)C)cc1. The van der Waals surface area contributed by atoms with E-state index in [1.54, 1.807) is 23.6 Å². The zero-order valence-electron chi connectivity index (χ0n) is 22.9. The maximum atomic E-state index is 13.8. The molecule has 2 N–H and O–H groups in total. The number of benzene rings is 1. The number of carbonyl (C=O) groups is 5. The van der Waals surface area contributed by atoms with Gasteiger partial charge in [-0.25, -0.2) is 0 Å². The smallest absolute Gasteiger partial charge is 0.266 e. The molecular formula is C28H35N5O5S. The molecular weight excluding hydrogens is 518 g/mol. The lowest BCUT2D eigenvalue weighted by Gasteiger charge is -2.29. The van der Waals surface area contributed by atoms with E-state index in [1.807, 2.05) is 45.0 Å². The highest BCUT2D eigenvalue weighted by Gasteiger charge is 2.52. The van der Waals surface area contributed by atoms with E-state index in [2.05, 4.69) is 10.6 Å². The molecule has 39 heavy (non-hydrogen) atoms. The molecule has 2 aromatic rings. The molecule has 4 amide bonds. The lowest BCUT2D eigenvalue weighted by molar-refractivity contribution is -0.138. The number of carbonyl (C=O) groups excluding carboxylic acids is 5. The van der Waals surface area contributed by atoms with Crippen molar-refractivity contribution in [1.29, 1.82) is 0 Å². The molecule has 4 rings (SSSR count). The van der Waals surface area contributed by atoms with Crippen LogP contribution >= 0.6 is 11.3 Å². The molecule has 2 aliphatic heterocycles. The summed E-state index contributed by atoms with van der Waals surface area (Å²) in [6, 6.07) is 6.78. The first-order valence-corrected chi connectivity index (χ1v) is 13.9. The molecule has 0 saturated carbocycles. The minimum atomic E-state index is -0.800. The van der Waals surface area contributed by atoms with Crippen molar-refractivity contribution in [1.82, 2.24) is 15.1 Å². The van der Waals surface area contributed by atoms with Crippen LogP contribution in [0.25, 0.3) is 0 Å². The van der Waals surface area contributed by atoms with Crippen molar-refractivity contribution in [2.24, 2.45) is 5.92 Å². The molecule has 0 unspecified atom stereocenters. The molecule has 2 aliphatic rings. The Morgan fingerprint density at radius 2 is 1.77 bits per heavy atom. The molecule has 0 radical (unpaired) electrons. The minimum Gasteiger partial charge on any atom is -0.378 e. The van der Waals surface area contributed by atoms with Gasteiger partial charge in [0, 0.05) is 38.8 Å². The number of fused-ring (bicyclic) bond motifs is 1. The monoisotopic (exact) mass is 553 g/mol. The predicted octanol–water partition coefficient (Wildman–Crippen LogP) is 2.61. The number of hydrogen-bond acceptors (Lipinski definition) is 7. The molecule has 0 bridgehead atoms. The summed E-state index contributed by atoms with van der Waals surface area (Å²) in [5.41, 5.74) is 1.81. The van der Waals surface area contributed by atoms with E-state index in [1.165, 1.54) is 28.1 Å². The molecule has 208 valence electrons. The molecule has 10 nitrogen and oxygen atoms in total. The first-order valence-electron chi connectivity index (χ1n) is 13.1. The average molecular weight is 554 g/mol. The molecule has 3 heterocycles. The van der Waals surface area contributed by atoms with Gasteiger partial charge in [0.2, 0.25) is 11.8 Å². The molecule has 11 heteroatoms. The zero-order valence-corrected chi connectivity index (χ0v) is 23.7. The van der Waals surface area contributed by atoms with Gasteiger partial charge in [-0.2, -0.15) is 0 Å². The van der Waals surface area contributed by atoms with E-state index >= 15 is 0 Å². The predicted molar refractivity (Wildman–Crippen MR) is 150 cm³/mol. The number of hydrogen-bond donors (Lipinski definition) is 2. The van der Waals surface area contributed by atoms with Crippen LogP contribution in [-0.4, -0.2) is 84.5 Å². The van der Waals surface area contributed by atoms with Gasteiger partial charge < -0.3 is 25.3 Å².